The molecule has 3 N–H and O–H groups in total. The van der Waals surface area contributed by atoms with Crippen molar-refractivity contribution in [3.8, 4) is 0 Å². The van der Waals surface area contributed by atoms with Crippen molar-refractivity contribution in [3.05, 3.63) is 71.7 Å². The number of carbonyl (C=O) groups is 1. The Hall–Kier alpha value is -2.42. The van der Waals surface area contributed by atoms with Crippen molar-refractivity contribution in [1.82, 2.24) is 0 Å². The lowest BCUT2D eigenvalue weighted by molar-refractivity contribution is -0.148. The van der Waals surface area contributed by atoms with Gasteiger partial charge >= 0.3 is 13.8 Å². The van der Waals surface area contributed by atoms with Crippen molar-refractivity contribution in [3.63, 3.8) is 0 Å². The summed E-state index contributed by atoms with van der Waals surface area (Å²) in [7, 11) is -4.96. The van der Waals surface area contributed by atoms with E-state index >= 15 is 0 Å². The first-order chi connectivity index (χ1) is 14.4. The molecule has 0 fully saturated rings. The lowest BCUT2D eigenvalue weighted by Gasteiger charge is -2.24. The predicted molar refractivity (Wildman–Crippen MR) is 104 cm³/mol. The molecule has 3 atom stereocenters. The third-order valence-electron chi connectivity index (χ3n) is 4.44. The summed E-state index contributed by atoms with van der Waals surface area (Å²) in [5.41, 5.74) is 0.797. The molecule has 0 saturated heterocycles. The van der Waals surface area contributed by atoms with Crippen LogP contribution in [0.15, 0.2) is 66.2 Å². The Bertz CT molecular complexity index is 872. The molecular formula is C20H23O9P. The molecule has 1 aliphatic carbocycles. The van der Waals surface area contributed by atoms with Gasteiger partial charge in [0.05, 0.1) is 13.2 Å². The summed E-state index contributed by atoms with van der Waals surface area (Å²) in [6, 6.07) is 9.10. The number of esters is 1. The normalized spacial score (nSPS) is 22.2. The summed E-state index contributed by atoms with van der Waals surface area (Å²) >= 11 is 0. The fourth-order valence-corrected chi connectivity index (χ4v) is 3.55. The Labute approximate surface area is 173 Å². The van der Waals surface area contributed by atoms with Gasteiger partial charge in [-0.3, -0.25) is 4.52 Å². The van der Waals surface area contributed by atoms with Crippen LogP contribution in [0.2, 0.25) is 0 Å². The molecule has 0 amide bonds. The van der Waals surface area contributed by atoms with E-state index in [0.29, 0.717) is 0 Å². The molecule has 162 valence electrons. The average molecular weight is 438 g/mol. The van der Waals surface area contributed by atoms with Gasteiger partial charge in [-0.25, -0.2) is 9.36 Å². The summed E-state index contributed by atoms with van der Waals surface area (Å²) in [4.78, 5) is 30.6. The number of phosphoric ester groups is 1. The Morgan fingerprint density at radius 2 is 1.93 bits per heavy atom. The Morgan fingerprint density at radius 3 is 2.57 bits per heavy atom. The molecule has 1 aromatic rings. The SMILES string of the molecule is O=C1O[C@H]([C@H](CO)OP(=O)(O)O)C(OCC2C=CC=CC2)=C1OCc1ccccc1. The highest BCUT2D eigenvalue weighted by atomic mass is 31.2. The number of phosphoric acid groups is 1. The topological polar surface area (TPSA) is 132 Å². The first-order valence-corrected chi connectivity index (χ1v) is 10.8. The zero-order valence-corrected chi connectivity index (χ0v) is 16.9. The number of aliphatic hydroxyl groups is 1. The van der Waals surface area contributed by atoms with Crippen LogP contribution in [0.1, 0.15) is 12.0 Å². The van der Waals surface area contributed by atoms with E-state index in [0.717, 1.165) is 12.0 Å². The Balaban J connectivity index is 1.81. The van der Waals surface area contributed by atoms with Gasteiger partial charge < -0.3 is 29.1 Å². The van der Waals surface area contributed by atoms with Crippen molar-refractivity contribution in [2.75, 3.05) is 13.2 Å². The maximum absolute atomic E-state index is 12.4. The van der Waals surface area contributed by atoms with Crippen LogP contribution in [0, 0.1) is 5.92 Å². The summed E-state index contributed by atoms with van der Waals surface area (Å²) in [5, 5.41) is 9.57. The van der Waals surface area contributed by atoms with E-state index in [4.69, 9.17) is 24.0 Å². The molecule has 2 aliphatic rings. The number of aliphatic hydroxyl groups excluding tert-OH is 1. The van der Waals surface area contributed by atoms with E-state index < -0.39 is 32.6 Å². The maximum Gasteiger partial charge on any atom is 0.470 e. The van der Waals surface area contributed by atoms with Crippen molar-refractivity contribution >= 4 is 13.8 Å². The second-order valence-corrected chi connectivity index (χ2v) is 7.92. The number of ether oxygens (including phenoxy) is 3. The minimum atomic E-state index is -4.96. The lowest BCUT2D eigenvalue weighted by Crippen LogP contribution is -2.35. The van der Waals surface area contributed by atoms with Gasteiger partial charge in [0, 0.05) is 5.92 Å². The summed E-state index contributed by atoms with van der Waals surface area (Å²) in [6.45, 7) is -0.580. The number of rotatable bonds is 10. The van der Waals surface area contributed by atoms with E-state index in [9.17, 15) is 14.5 Å². The fraction of sp³-hybridized carbons (Fsp3) is 0.350. The van der Waals surface area contributed by atoms with Gasteiger partial charge in [-0.1, -0.05) is 54.6 Å². The summed E-state index contributed by atoms with van der Waals surface area (Å²) in [6.07, 6.45) is 5.54. The van der Waals surface area contributed by atoms with Crippen molar-refractivity contribution in [2.45, 2.75) is 25.2 Å². The van der Waals surface area contributed by atoms with Gasteiger partial charge in [0.1, 0.15) is 12.7 Å². The van der Waals surface area contributed by atoms with E-state index in [1.165, 1.54) is 0 Å². The molecule has 3 rings (SSSR count). The zero-order valence-electron chi connectivity index (χ0n) is 16.0. The van der Waals surface area contributed by atoms with Crippen molar-refractivity contribution in [2.24, 2.45) is 5.92 Å². The number of allylic oxidation sites excluding steroid dienone is 3. The second kappa shape index (κ2) is 10.1. The molecule has 1 aliphatic heterocycles. The Morgan fingerprint density at radius 1 is 1.17 bits per heavy atom. The predicted octanol–water partition coefficient (Wildman–Crippen LogP) is 1.96. The first-order valence-electron chi connectivity index (χ1n) is 9.30. The molecule has 0 bridgehead atoms. The van der Waals surface area contributed by atoms with Gasteiger partial charge in [0.2, 0.25) is 5.76 Å². The smallest absolute Gasteiger partial charge is 0.470 e. The molecule has 0 spiro atoms. The third kappa shape index (κ3) is 6.04. The largest absolute Gasteiger partial charge is 0.489 e. The van der Waals surface area contributed by atoms with E-state index in [2.05, 4.69) is 4.52 Å². The third-order valence-corrected chi connectivity index (χ3v) is 4.99. The van der Waals surface area contributed by atoms with Crippen LogP contribution in [0.4, 0.5) is 0 Å². The van der Waals surface area contributed by atoms with Crippen LogP contribution in [0.5, 0.6) is 0 Å². The number of hydrogen-bond acceptors (Lipinski definition) is 7. The van der Waals surface area contributed by atoms with Gasteiger partial charge in [0.15, 0.2) is 11.9 Å². The number of carbonyl (C=O) groups excluding carboxylic acids is 1. The second-order valence-electron chi connectivity index (χ2n) is 6.73. The molecule has 0 saturated carbocycles. The average Bonchev–Trinajstić information content (AvgIpc) is 3.05. The van der Waals surface area contributed by atoms with Crippen LogP contribution in [0.3, 0.4) is 0 Å². The van der Waals surface area contributed by atoms with Crippen LogP contribution in [-0.2, 0) is 34.7 Å². The first kappa shape index (κ1) is 22.3. The quantitative estimate of drug-likeness (QED) is 0.370. The van der Waals surface area contributed by atoms with Gasteiger partial charge in [-0.2, -0.15) is 0 Å². The number of benzene rings is 1. The molecule has 1 heterocycles. The molecule has 10 heteroatoms. The fourth-order valence-electron chi connectivity index (χ4n) is 3.02. The maximum atomic E-state index is 12.4. The monoisotopic (exact) mass is 438 g/mol. The molecule has 9 nitrogen and oxygen atoms in total. The minimum Gasteiger partial charge on any atom is -0.489 e. The molecule has 30 heavy (non-hydrogen) atoms. The van der Waals surface area contributed by atoms with E-state index in [1.807, 2.05) is 54.6 Å². The molecule has 1 unspecified atom stereocenters. The lowest BCUT2D eigenvalue weighted by atomic mass is 10.0. The van der Waals surface area contributed by atoms with Gasteiger partial charge in [-0.15, -0.1) is 0 Å². The van der Waals surface area contributed by atoms with Gasteiger partial charge in [0.25, 0.3) is 0 Å². The van der Waals surface area contributed by atoms with Crippen LogP contribution in [-0.4, -0.2) is 46.3 Å². The highest BCUT2D eigenvalue weighted by Crippen LogP contribution is 2.41. The molecule has 0 aromatic heterocycles. The summed E-state index contributed by atoms with van der Waals surface area (Å²) < 4.78 is 32.5. The highest BCUT2D eigenvalue weighted by Gasteiger charge is 2.45. The van der Waals surface area contributed by atoms with E-state index in [-0.39, 0.29) is 30.6 Å². The van der Waals surface area contributed by atoms with Crippen LogP contribution < -0.4 is 0 Å². The standard InChI is InChI=1S/C20H23O9P/c21-11-16(29-30(23,24)25)17-18(26-12-14-7-3-1-4-8-14)19(20(22)28-17)27-13-15-9-5-2-6-10-15/h1-7,9-10,14,16-17,21H,8,11-13H2,(H2,23,24,25)/t14?,16-,17+/m0/s1. The van der Waals surface area contributed by atoms with Crippen LogP contribution in [0.25, 0.3) is 0 Å². The molecular weight excluding hydrogens is 415 g/mol. The van der Waals surface area contributed by atoms with Gasteiger partial charge in [-0.05, 0) is 12.0 Å². The van der Waals surface area contributed by atoms with Crippen molar-refractivity contribution in [1.29, 1.82) is 0 Å². The highest BCUT2D eigenvalue weighted by molar-refractivity contribution is 7.46. The number of cyclic esters (lactones) is 1. The zero-order chi connectivity index (χ0) is 21.6. The summed E-state index contributed by atoms with van der Waals surface area (Å²) in [5.74, 6) is -1.11. The van der Waals surface area contributed by atoms with Crippen LogP contribution >= 0.6 is 7.82 Å². The van der Waals surface area contributed by atoms with Crippen molar-refractivity contribution < 1.29 is 43.0 Å². The molecule has 1 aromatic carbocycles. The Kier molecular flexibility index (Phi) is 7.47. The van der Waals surface area contributed by atoms with E-state index in [1.54, 1.807) is 0 Å². The number of hydrogen-bond donors (Lipinski definition) is 3. The minimum absolute atomic E-state index is 0.0319. The molecule has 0 radical (unpaired) electrons.